The lowest BCUT2D eigenvalue weighted by molar-refractivity contribution is -0.542. The fourth-order valence-electron chi connectivity index (χ4n) is 1.79. The summed E-state index contributed by atoms with van der Waals surface area (Å²) in [5, 5.41) is 17.4. The lowest BCUT2D eigenvalue weighted by Gasteiger charge is -2.46. The standard InChI is InChI=1S/C13H10F16O5/c1-5(2,32)8(18,19)9(20,6(15,16)3-30)34-10(21,12(25,26)27)13(28,29)33-7(17,4(14)31)11(22,23)24/h30,32H,3H2,1-2H3. The molecule has 5 nitrogen and oxygen atoms in total. The monoisotopic (exact) mass is 550 g/mol. The molecule has 0 bridgehead atoms. The Morgan fingerprint density at radius 1 is 0.706 bits per heavy atom. The molecule has 0 aliphatic rings. The molecule has 0 saturated carbocycles. The molecule has 3 unspecified atom stereocenters. The van der Waals surface area contributed by atoms with Gasteiger partial charge in [-0.2, -0.15) is 70.2 Å². The van der Waals surface area contributed by atoms with Crippen molar-refractivity contribution < 1.29 is 94.7 Å². The maximum Gasteiger partial charge on any atom is 0.459 e. The lowest BCUT2D eigenvalue weighted by Crippen LogP contribution is -2.74. The summed E-state index contributed by atoms with van der Waals surface area (Å²) in [6.07, 6.45) is -23.3. The van der Waals surface area contributed by atoms with Crippen LogP contribution in [0.1, 0.15) is 13.8 Å². The second-order valence-electron chi connectivity index (χ2n) is 6.77. The molecule has 0 radical (unpaired) electrons. The van der Waals surface area contributed by atoms with Gasteiger partial charge < -0.3 is 10.2 Å². The van der Waals surface area contributed by atoms with Crippen molar-refractivity contribution >= 4 is 6.04 Å². The summed E-state index contributed by atoms with van der Waals surface area (Å²) in [7, 11) is 0. The van der Waals surface area contributed by atoms with Crippen LogP contribution in [0.25, 0.3) is 0 Å². The van der Waals surface area contributed by atoms with Crippen molar-refractivity contribution in [2.24, 2.45) is 0 Å². The van der Waals surface area contributed by atoms with Crippen LogP contribution in [0.4, 0.5) is 70.2 Å². The number of aliphatic hydroxyl groups excluding tert-OH is 1. The van der Waals surface area contributed by atoms with E-state index in [0.717, 1.165) is 0 Å². The number of rotatable bonds is 10. The van der Waals surface area contributed by atoms with E-state index in [1.54, 1.807) is 4.74 Å². The van der Waals surface area contributed by atoms with Gasteiger partial charge in [0.1, 0.15) is 12.2 Å². The molecule has 0 aromatic rings. The van der Waals surface area contributed by atoms with E-state index in [0.29, 0.717) is 0 Å². The van der Waals surface area contributed by atoms with Gasteiger partial charge in [-0.1, -0.05) is 0 Å². The Hall–Kier alpha value is -1.61. The molecule has 0 fully saturated rings. The van der Waals surface area contributed by atoms with Crippen molar-refractivity contribution in [3.8, 4) is 0 Å². The highest BCUT2D eigenvalue weighted by Crippen LogP contribution is 2.58. The van der Waals surface area contributed by atoms with Crippen LogP contribution in [0.3, 0.4) is 0 Å². The van der Waals surface area contributed by atoms with Gasteiger partial charge in [-0.05, 0) is 13.8 Å². The second kappa shape index (κ2) is 8.50. The predicted octanol–water partition coefficient (Wildman–Crippen LogP) is 4.26. The zero-order valence-electron chi connectivity index (χ0n) is 15.9. The first kappa shape index (κ1) is 32.4. The summed E-state index contributed by atoms with van der Waals surface area (Å²) >= 11 is 0. The molecular weight excluding hydrogens is 540 g/mol. The Bertz CT molecular complexity index is 758. The van der Waals surface area contributed by atoms with Gasteiger partial charge in [-0.25, -0.2) is 0 Å². The number of carbonyl (C=O) groups excluding carboxylic acids is 1. The molecule has 204 valence electrons. The maximum absolute atomic E-state index is 14.6. The fourth-order valence-corrected chi connectivity index (χ4v) is 1.79. The zero-order chi connectivity index (χ0) is 28.2. The zero-order valence-corrected chi connectivity index (χ0v) is 15.9. The summed E-state index contributed by atoms with van der Waals surface area (Å²) in [4.78, 5) is 10.1. The van der Waals surface area contributed by atoms with Crippen molar-refractivity contribution in [2.45, 2.75) is 67.3 Å². The minimum absolute atomic E-state index is 0.391. The summed E-state index contributed by atoms with van der Waals surface area (Å²) in [5.41, 5.74) is -4.40. The molecular formula is C13H10F16O5. The van der Waals surface area contributed by atoms with Gasteiger partial charge in [0.05, 0.1) is 0 Å². The predicted molar refractivity (Wildman–Crippen MR) is 70.1 cm³/mol. The Morgan fingerprint density at radius 3 is 1.32 bits per heavy atom. The van der Waals surface area contributed by atoms with Gasteiger partial charge in [0, 0.05) is 0 Å². The van der Waals surface area contributed by atoms with E-state index >= 15 is 0 Å². The average Bonchev–Trinajstić information content (AvgIpc) is 2.57. The van der Waals surface area contributed by atoms with E-state index in [-0.39, 0.29) is 0 Å². The van der Waals surface area contributed by atoms with E-state index in [1.165, 1.54) is 0 Å². The Balaban J connectivity index is 7.25. The minimum atomic E-state index is -8.01. The molecule has 0 rings (SSSR count). The highest BCUT2D eigenvalue weighted by Gasteiger charge is 2.86. The minimum Gasteiger partial charge on any atom is -0.390 e. The normalized spacial score (nSPS) is 20.4. The molecule has 21 heteroatoms. The van der Waals surface area contributed by atoms with Crippen LogP contribution in [-0.2, 0) is 14.3 Å². The molecule has 3 atom stereocenters. The topological polar surface area (TPSA) is 76.0 Å². The van der Waals surface area contributed by atoms with Crippen LogP contribution in [-0.4, -0.2) is 76.3 Å². The number of alkyl halides is 15. The molecule has 0 spiro atoms. The molecule has 0 saturated heterocycles. The molecule has 0 heterocycles. The molecule has 0 aliphatic carbocycles. The van der Waals surface area contributed by atoms with Crippen LogP contribution in [0, 0.1) is 0 Å². The first-order chi connectivity index (χ1) is 14.4. The number of halogens is 16. The van der Waals surface area contributed by atoms with Crippen molar-refractivity contribution in [3.63, 3.8) is 0 Å². The van der Waals surface area contributed by atoms with Gasteiger partial charge >= 0.3 is 53.9 Å². The van der Waals surface area contributed by atoms with Crippen LogP contribution < -0.4 is 0 Å². The molecule has 34 heavy (non-hydrogen) atoms. The lowest BCUT2D eigenvalue weighted by atomic mass is 9.89. The van der Waals surface area contributed by atoms with Crippen LogP contribution in [0.2, 0.25) is 0 Å². The van der Waals surface area contributed by atoms with Crippen molar-refractivity contribution in [2.75, 3.05) is 6.61 Å². The third-order valence-electron chi connectivity index (χ3n) is 3.75. The molecule has 0 amide bonds. The summed E-state index contributed by atoms with van der Waals surface area (Å²) in [5.74, 6) is -35.7. The summed E-state index contributed by atoms with van der Waals surface area (Å²) in [6, 6.07) is -4.74. The SMILES string of the molecule is CC(C)(O)C(F)(F)C(F)(OC(F)(C(F)(F)F)C(F)(F)OC(F)(C(=O)F)C(F)(F)F)C(F)(F)CO. The third kappa shape index (κ3) is 4.87. The first-order valence-corrected chi connectivity index (χ1v) is 7.69. The van der Waals surface area contributed by atoms with Crippen LogP contribution in [0.5, 0.6) is 0 Å². The van der Waals surface area contributed by atoms with Crippen LogP contribution in [0.15, 0.2) is 0 Å². The van der Waals surface area contributed by atoms with E-state index in [2.05, 4.69) is 0 Å². The highest BCUT2D eigenvalue weighted by molar-refractivity contribution is 5.77. The molecule has 0 aromatic carbocycles. The molecule has 0 aliphatic heterocycles. The van der Waals surface area contributed by atoms with Gasteiger partial charge in [-0.3, -0.25) is 14.3 Å². The summed E-state index contributed by atoms with van der Waals surface area (Å²) in [6.45, 7) is -4.19. The molecule has 0 aromatic heterocycles. The largest absolute Gasteiger partial charge is 0.459 e. The summed E-state index contributed by atoms with van der Waals surface area (Å²) < 4.78 is 217. The Labute approximate surface area is 176 Å². The van der Waals surface area contributed by atoms with Gasteiger partial charge in [0.25, 0.3) is 0 Å². The third-order valence-corrected chi connectivity index (χ3v) is 3.75. The van der Waals surface area contributed by atoms with Gasteiger partial charge in [0.2, 0.25) is 0 Å². The van der Waals surface area contributed by atoms with E-state index in [9.17, 15) is 75.0 Å². The van der Waals surface area contributed by atoms with Gasteiger partial charge in [0.15, 0.2) is 0 Å². The number of hydrogen-bond acceptors (Lipinski definition) is 5. The number of carbonyl (C=O) groups is 1. The number of hydrogen-bond donors (Lipinski definition) is 2. The van der Waals surface area contributed by atoms with E-state index in [4.69, 9.17) is 10.2 Å². The van der Waals surface area contributed by atoms with E-state index < -0.39 is 80.0 Å². The second-order valence-corrected chi connectivity index (χ2v) is 6.77. The van der Waals surface area contributed by atoms with Gasteiger partial charge in [-0.15, -0.1) is 0 Å². The first-order valence-electron chi connectivity index (χ1n) is 7.69. The van der Waals surface area contributed by atoms with Crippen LogP contribution >= 0.6 is 0 Å². The van der Waals surface area contributed by atoms with Crippen molar-refractivity contribution in [1.29, 1.82) is 0 Å². The highest BCUT2D eigenvalue weighted by atomic mass is 19.4. The molecule has 2 N–H and O–H groups in total. The quantitative estimate of drug-likeness (QED) is 0.314. The number of aliphatic hydroxyl groups is 2. The van der Waals surface area contributed by atoms with Crippen molar-refractivity contribution in [1.82, 2.24) is 0 Å². The van der Waals surface area contributed by atoms with E-state index in [1.807, 2.05) is 4.74 Å². The average molecular weight is 550 g/mol. The Kier molecular flexibility index (Phi) is 8.10. The maximum atomic E-state index is 14.6. The Morgan fingerprint density at radius 2 is 1.09 bits per heavy atom. The number of ether oxygens (including phenoxy) is 2. The fraction of sp³-hybridized carbons (Fsp3) is 0.923. The van der Waals surface area contributed by atoms with Crippen molar-refractivity contribution in [3.05, 3.63) is 0 Å². The smallest absolute Gasteiger partial charge is 0.390 e.